The summed E-state index contributed by atoms with van der Waals surface area (Å²) >= 11 is 5.79. The molecule has 7 heteroatoms. The Morgan fingerprint density at radius 1 is 1.38 bits per heavy atom. The first kappa shape index (κ1) is 13.5. The minimum atomic E-state index is -0.632. The molecule has 1 N–H and O–H groups in total. The number of aryl methyl sites for hydroxylation is 1. The van der Waals surface area contributed by atoms with Crippen molar-refractivity contribution in [1.82, 2.24) is 9.97 Å². The lowest BCUT2D eigenvalue weighted by Crippen LogP contribution is -2.13. The topological polar surface area (TPSA) is 68.0 Å². The summed E-state index contributed by atoms with van der Waals surface area (Å²) in [5.74, 6) is -0.649. The van der Waals surface area contributed by atoms with Crippen molar-refractivity contribution in [3.05, 3.63) is 52.9 Å². The number of benzene rings is 1. The number of hydrogen-bond acceptors (Lipinski definition) is 4. The van der Waals surface area contributed by atoms with Gasteiger partial charge in [-0.3, -0.25) is 4.79 Å². The lowest BCUT2D eigenvalue weighted by molar-refractivity contribution is 0.102. The predicted molar refractivity (Wildman–Crippen MR) is 75.9 cm³/mol. The fraction of sp³-hybridized carbons (Fsp3) is 0.0714. The van der Waals surface area contributed by atoms with Crippen molar-refractivity contribution in [1.29, 1.82) is 0 Å². The molecule has 0 unspecified atom stereocenters. The summed E-state index contributed by atoms with van der Waals surface area (Å²) in [6.45, 7) is 1.73. The van der Waals surface area contributed by atoms with Crippen molar-refractivity contribution < 1.29 is 13.6 Å². The molecule has 0 bridgehead atoms. The van der Waals surface area contributed by atoms with Gasteiger partial charge in [0.1, 0.15) is 16.5 Å². The molecule has 5 nitrogen and oxygen atoms in total. The van der Waals surface area contributed by atoms with Crippen LogP contribution in [0.15, 0.2) is 34.9 Å². The summed E-state index contributed by atoms with van der Waals surface area (Å²) in [5.41, 5.74) is 1.71. The van der Waals surface area contributed by atoms with E-state index in [4.69, 9.17) is 16.0 Å². The molecule has 0 saturated heterocycles. The van der Waals surface area contributed by atoms with Gasteiger partial charge in [-0.25, -0.2) is 14.4 Å². The number of nitrogens with one attached hydrogen (secondary N) is 1. The van der Waals surface area contributed by atoms with E-state index in [2.05, 4.69) is 15.3 Å². The maximum Gasteiger partial charge on any atom is 0.258 e. The van der Waals surface area contributed by atoms with Crippen molar-refractivity contribution in [3.8, 4) is 0 Å². The third-order valence-corrected chi connectivity index (χ3v) is 3.10. The molecule has 0 spiro atoms. The quantitative estimate of drug-likeness (QED) is 0.735. The molecule has 21 heavy (non-hydrogen) atoms. The molecule has 1 aromatic carbocycles. The molecular formula is C14H9ClFN3O2. The van der Waals surface area contributed by atoms with Crippen LogP contribution in [-0.2, 0) is 0 Å². The van der Waals surface area contributed by atoms with Crippen LogP contribution in [-0.4, -0.2) is 15.9 Å². The van der Waals surface area contributed by atoms with E-state index in [-0.39, 0.29) is 10.7 Å². The number of fused-ring (bicyclic) bond motifs is 1. The second-order valence-electron chi connectivity index (χ2n) is 4.36. The number of amides is 1. The summed E-state index contributed by atoms with van der Waals surface area (Å²) < 4.78 is 18.5. The van der Waals surface area contributed by atoms with Crippen LogP contribution in [0, 0.1) is 12.7 Å². The number of oxazole rings is 1. The molecule has 3 rings (SSSR count). The maximum atomic E-state index is 13.1. The van der Waals surface area contributed by atoms with Crippen LogP contribution < -0.4 is 5.32 Å². The molecule has 0 radical (unpaired) electrons. The van der Waals surface area contributed by atoms with Crippen LogP contribution in [0.4, 0.5) is 10.1 Å². The highest BCUT2D eigenvalue weighted by atomic mass is 35.5. The Labute approximate surface area is 123 Å². The van der Waals surface area contributed by atoms with Crippen molar-refractivity contribution in [3.63, 3.8) is 0 Å². The van der Waals surface area contributed by atoms with Crippen LogP contribution in [0.25, 0.3) is 11.1 Å². The van der Waals surface area contributed by atoms with Gasteiger partial charge in [0.15, 0.2) is 11.5 Å². The normalized spacial score (nSPS) is 10.8. The SMILES string of the molecule is Cc1nc2cc(NC(=O)c3cc(F)cnc3Cl)ccc2o1. The highest BCUT2D eigenvalue weighted by Crippen LogP contribution is 2.21. The van der Waals surface area contributed by atoms with E-state index in [1.807, 2.05) is 0 Å². The van der Waals surface area contributed by atoms with Crippen molar-refractivity contribution in [2.75, 3.05) is 5.32 Å². The molecular weight excluding hydrogens is 297 g/mol. The molecule has 0 atom stereocenters. The van der Waals surface area contributed by atoms with E-state index < -0.39 is 11.7 Å². The Hall–Kier alpha value is -2.47. The number of carbonyl (C=O) groups is 1. The van der Waals surface area contributed by atoms with Gasteiger partial charge in [-0.2, -0.15) is 0 Å². The maximum absolute atomic E-state index is 13.1. The average molecular weight is 306 g/mol. The first-order chi connectivity index (χ1) is 10.0. The number of rotatable bonds is 2. The first-order valence-electron chi connectivity index (χ1n) is 6.02. The van der Waals surface area contributed by atoms with Gasteiger partial charge in [0, 0.05) is 12.6 Å². The Morgan fingerprint density at radius 3 is 3.00 bits per heavy atom. The Kier molecular flexibility index (Phi) is 3.31. The number of carbonyl (C=O) groups excluding carboxylic acids is 1. The van der Waals surface area contributed by atoms with E-state index in [0.29, 0.717) is 22.7 Å². The van der Waals surface area contributed by atoms with Crippen LogP contribution in [0.1, 0.15) is 16.2 Å². The van der Waals surface area contributed by atoms with Gasteiger partial charge >= 0.3 is 0 Å². The van der Waals surface area contributed by atoms with Crippen LogP contribution in [0.3, 0.4) is 0 Å². The number of anilines is 1. The van der Waals surface area contributed by atoms with E-state index >= 15 is 0 Å². The summed E-state index contributed by atoms with van der Waals surface area (Å²) in [6.07, 6.45) is 0.948. The predicted octanol–water partition coefficient (Wildman–Crippen LogP) is 3.58. The fourth-order valence-electron chi connectivity index (χ4n) is 1.90. The van der Waals surface area contributed by atoms with Gasteiger partial charge in [0.2, 0.25) is 0 Å². The zero-order valence-corrected chi connectivity index (χ0v) is 11.6. The van der Waals surface area contributed by atoms with Crippen LogP contribution >= 0.6 is 11.6 Å². The van der Waals surface area contributed by atoms with Gasteiger partial charge < -0.3 is 9.73 Å². The molecule has 0 aliphatic rings. The van der Waals surface area contributed by atoms with Gasteiger partial charge in [0.25, 0.3) is 5.91 Å². The van der Waals surface area contributed by atoms with Gasteiger partial charge in [-0.15, -0.1) is 0 Å². The molecule has 106 valence electrons. The van der Waals surface area contributed by atoms with Crippen molar-refractivity contribution in [2.45, 2.75) is 6.92 Å². The number of halogens is 2. The van der Waals surface area contributed by atoms with Crippen LogP contribution in [0.5, 0.6) is 0 Å². The first-order valence-corrected chi connectivity index (χ1v) is 6.40. The van der Waals surface area contributed by atoms with Gasteiger partial charge in [-0.05, 0) is 24.3 Å². The zero-order chi connectivity index (χ0) is 15.0. The number of hydrogen-bond donors (Lipinski definition) is 1. The Balaban J connectivity index is 1.90. The third-order valence-electron chi connectivity index (χ3n) is 2.80. The summed E-state index contributed by atoms with van der Waals surface area (Å²) in [6, 6.07) is 6.04. The standard InChI is InChI=1S/C14H9ClFN3O2/c1-7-18-11-5-9(2-3-12(11)21-7)19-14(20)10-4-8(16)6-17-13(10)15/h2-6H,1H3,(H,19,20). The minimum absolute atomic E-state index is 0.0342. The van der Waals surface area contributed by atoms with E-state index in [1.165, 1.54) is 0 Å². The second kappa shape index (κ2) is 5.14. The zero-order valence-electron chi connectivity index (χ0n) is 10.9. The largest absolute Gasteiger partial charge is 0.441 e. The molecule has 0 fully saturated rings. The highest BCUT2D eigenvalue weighted by Gasteiger charge is 2.13. The molecule has 0 aliphatic carbocycles. The fourth-order valence-corrected chi connectivity index (χ4v) is 2.09. The molecule has 0 saturated carbocycles. The summed E-state index contributed by atoms with van der Waals surface area (Å²) in [5, 5.41) is 2.55. The van der Waals surface area contributed by atoms with Gasteiger partial charge in [-0.1, -0.05) is 11.6 Å². The molecule has 2 aromatic heterocycles. The summed E-state index contributed by atoms with van der Waals surface area (Å²) in [7, 11) is 0. The monoisotopic (exact) mass is 305 g/mol. The molecule has 2 heterocycles. The molecule has 1 amide bonds. The Morgan fingerprint density at radius 2 is 2.19 bits per heavy atom. The van der Waals surface area contributed by atoms with E-state index in [1.54, 1.807) is 25.1 Å². The van der Waals surface area contributed by atoms with Crippen molar-refractivity contribution in [2.24, 2.45) is 0 Å². The third kappa shape index (κ3) is 2.71. The molecule has 0 aliphatic heterocycles. The average Bonchev–Trinajstić information content (AvgIpc) is 2.80. The smallest absolute Gasteiger partial charge is 0.258 e. The molecule has 3 aromatic rings. The van der Waals surface area contributed by atoms with Crippen molar-refractivity contribution >= 4 is 34.3 Å². The van der Waals surface area contributed by atoms with E-state index in [9.17, 15) is 9.18 Å². The Bertz CT molecular complexity index is 847. The lowest BCUT2D eigenvalue weighted by atomic mass is 10.2. The second-order valence-corrected chi connectivity index (χ2v) is 4.72. The minimum Gasteiger partial charge on any atom is -0.441 e. The number of nitrogens with zero attached hydrogens (tertiary/aromatic N) is 2. The highest BCUT2D eigenvalue weighted by molar-refractivity contribution is 6.33. The van der Waals surface area contributed by atoms with E-state index in [0.717, 1.165) is 12.3 Å². The number of pyridine rings is 1. The lowest BCUT2D eigenvalue weighted by Gasteiger charge is -2.06. The van der Waals surface area contributed by atoms with Crippen LogP contribution in [0.2, 0.25) is 5.15 Å². The summed E-state index contributed by atoms with van der Waals surface area (Å²) in [4.78, 5) is 19.8. The number of aromatic nitrogens is 2. The van der Waals surface area contributed by atoms with Gasteiger partial charge in [0.05, 0.1) is 11.8 Å².